The molecule has 4 rings (SSSR count). The quantitative estimate of drug-likeness (QED) is 0.307. The second-order valence-electron chi connectivity index (χ2n) is 7.61. The fourth-order valence-electron chi connectivity index (χ4n) is 3.87. The van der Waals surface area contributed by atoms with Crippen molar-refractivity contribution in [2.45, 2.75) is 17.5 Å². The van der Waals surface area contributed by atoms with E-state index < -0.39 is 16.1 Å². The predicted molar refractivity (Wildman–Crippen MR) is 130 cm³/mol. The van der Waals surface area contributed by atoms with Gasteiger partial charge in [-0.3, -0.25) is 0 Å². The van der Waals surface area contributed by atoms with Crippen molar-refractivity contribution in [1.82, 2.24) is 4.57 Å². The first-order valence-corrected chi connectivity index (χ1v) is 13.4. The molecule has 0 spiro atoms. The molecule has 5 heteroatoms. The average Bonchev–Trinajstić information content (AvgIpc) is 2.94. The Morgan fingerprint density at radius 2 is 1.39 bits per heavy atom. The van der Waals surface area contributed by atoms with Crippen LogP contribution in [0.3, 0.4) is 0 Å². The first kappa shape index (κ1) is 20.0. The van der Waals surface area contributed by atoms with Crippen LogP contribution in [0.2, 0.25) is 0 Å². The Kier molecular flexibility index (Phi) is 5.62. The number of benzene rings is 3. The van der Waals surface area contributed by atoms with Crippen molar-refractivity contribution in [2.24, 2.45) is 0 Å². The van der Waals surface area contributed by atoms with E-state index in [0.29, 0.717) is 6.54 Å². The van der Waals surface area contributed by atoms with Crippen LogP contribution in [-0.2, 0) is 6.54 Å². The summed E-state index contributed by atoms with van der Waals surface area (Å²) in [5.41, 5.74) is 2.31. The lowest BCUT2D eigenvalue weighted by atomic mass is 10.2. The molecule has 0 unspecified atom stereocenters. The number of hydrogen-bond donors (Lipinski definition) is 1. The van der Waals surface area contributed by atoms with Crippen LogP contribution >= 0.6 is 41.9 Å². The molecule has 0 radical (unpaired) electrons. The molecule has 4 aromatic rings. The lowest BCUT2D eigenvalue weighted by Crippen LogP contribution is -2.23. The highest BCUT2D eigenvalue weighted by molar-refractivity contribution is 9.10. The Bertz CT molecular complexity index is 1080. The van der Waals surface area contributed by atoms with Gasteiger partial charge in [0.05, 0.1) is 6.10 Å². The van der Waals surface area contributed by atoms with Gasteiger partial charge >= 0.3 is 0 Å². The van der Waals surface area contributed by atoms with Crippen LogP contribution in [0.25, 0.3) is 21.8 Å². The van der Waals surface area contributed by atoms with Gasteiger partial charge in [-0.1, -0.05) is 62.2 Å². The summed E-state index contributed by atoms with van der Waals surface area (Å²) >= 11 is 7.19. The maximum Gasteiger partial charge on any atom is 0.0797 e. The molecule has 0 saturated carbocycles. The molecule has 0 bridgehead atoms. The third-order valence-corrected chi connectivity index (χ3v) is 8.93. The predicted octanol–water partition coefficient (Wildman–Crippen LogP) is 6.80. The van der Waals surface area contributed by atoms with E-state index in [2.05, 4.69) is 110 Å². The smallest absolute Gasteiger partial charge is 0.0797 e. The molecule has 28 heavy (non-hydrogen) atoms. The monoisotopic (exact) mass is 519 g/mol. The number of rotatable bonds is 5. The largest absolute Gasteiger partial charge is 0.390 e. The topological polar surface area (TPSA) is 25.2 Å². The number of aromatic nitrogens is 1. The van der Waals surface area contributed by atoms with Gasteiger partial charge < -0.3 is 9.67 Å². The maximum atomic E-state index is 11.0. The second-order valence-corrected chi connectivity index (χ2v) is 13.3. The van der Waals surface area contributed by atoms with Gasteiger partial charge in [0, 0.05) is 43.0 Å². The standard InChI is InChI=1S/C23H23Br2NOS/c1-28(2,19-6-4-3-5-7-19)15-18(27)14-26-22-10-8-16(24)12-20(22)21-13-17(25)9-11-23(21)26/h3-13,18,27H,14-15H2,1-2H3/t18-/m1/s1. The summed E-state index contributed by atoms with van der Waals surface area (Å²) in [4.78, 5) is 1.34. The Hall–Kier alpha value is -1.27. The molecule has 3 aromatic carbocycles. The molecule has 146 valence electrons. The van der Waals surface area contributed by atoms with Gasteiger partial charge in [0.2, 0.25) is 0 Å². The van der Waals surface area contributed by atoms with Gasteiger partial charge in [-0.05, 0) is 53.8 Å². The van der Waals surface area contributed by atoms with Gasteiger partial charge in [-0.25, -0.2) is 10.0 Å². The molecule has 1 aromatic heterocycles. The lowest BCUT2D eigenvalue weighted by molar-refractivity contribution is 0.180. The first-order valence-electron chi connectivity index (χ1n) is 9.16. The first-order chi connectivity index (χ1) is 13.3. The number of hydrogen-bond acceptors (Lipinski definition) is 1. The summed E-state index contributed by atoms with van der Waals surface area (Å²) in [6, 6.07) is 23.3. The molecule has 1 atom stereocenters. The lowest BCUT2D eigenvalue weighted by Gasteiger charge is -2.34. The van der Waals surface area contributed by atoms with Crippen molar-refractivity contribution in [2.75, 3.05) is 18.3 Å². The van der Waals surface area contributed by atoms with Crippen molar-refractivity contribution in [3.63, 3.8) is 0 Å². The maximum absolute atomic E-state index is 11.0. The number of aliphatic hydroxyl groups excluding tert-OH is 1. The summed E-state index contributed by atoms with van der Waals surface area (Å²) in [5, 5.41) is 13.4. The summed E-state index contributed by atoms with van der Waals surface area (Å²) < 4.78 is 4.39. The Labute approximate surface area is 184 Å². The number of halogens is 2. The minimum atomic E-state index is -1.06. The molecular weight excluding hydrogens is 498 g/mol. The van der Waals surface area contributed by atoms with E-state index >= 15 is 0 Å². The second kappa shape index (κ2) is 7.86. The third-order valence-electron chi connectivity index (χ3n) is 5.17. The van der Waals surface area contributed by atoms with E-state index in [4.69, 9.17) is 0 Å². The Morgan fingerprint density at radius 1 is 0.857 bits per heavy atom. The Morgan fingerprint density at radius 3 is 1.93 bits per heavy atom. The van der Waals surface area contributed by atoms with Crippen molar-refractivity contribution >= 4 is 63.7 Å². The van der Waals surface area contributed by atoms with E-state index in [1.54, 1.807) is 0 Å². The van der Waals surface area contributed by atoms with Crippen LogP contribution in [0.5, 0.6) is 0 Å². The zero-order valence-electron chi connectivity index (χ0n) is 15.9. The molecular formula is C23H23Br2NOS. The number of fused-ring (bicyclic) bond motifs is 3. The van der Waals surface area contributed by atoms with E-state index in [1.807, 2.05) is 6.07 Å². The fourth-order valence-corrected chi connectivity index (χ4v) is 6.75. The van der Waals surface area contributed by atoms with Crippen LogP contribution in [0.4, 0.5) is 0 Å². The van der Waals surface area contributed by atoms with Gasteiger partial charge in [-0.2, -0.15) is 0 Å². The Balaban J connectivity index is 1.71. The minimum Gasteiger partial charge on any atom is -0.390 e. The van der Waals surface area contributed by atoms with Crippen LogP contribution in [0, 0.1) is 0 Å². The fraction of sp³-hybridized carbons (Fsp3) is 0.217. The molecule has 0 aliphatic rings. The van der Waals surface area contributed by atoms with E-state index in [9.17, 15) is 5.11 Å². The van der Waals surface area contributed by atoms with E-state index in [1.165, 1.54) is 15.7 Å². The molecule has 2 nitrogen and oxygen atoms in total. The molecule has 1 N–H and O–H groups in total. The molecule has 0 saturated heterocycles. The molecule has 0 amide bonds. The van der Waals surface area contributed by atoms with Gasteiger partial charge in [0.25, 0.3) is 0 Å². The minimum absolute atomic E-state index is 0.406. The summed E-state index contributed by atoms with van der Waals surface area (Å²) in [7, 11) is -1.06. The van der Waals surface area contributed by atoms with Crippen molar-refractivity contribution in [3.05, 3.63) is 75.7 Å². The van der Waals surface area contributed by atoms with Gasteiger partial charge in [-0.15, -0.1) is 0 Å². The van der Waals surface area contributed by atoms with Gasteiger partial charge in [0.1, 0.15) is 0 Å². The van der Waals surface area contributed by atoms with E-state index in [-0.39, 0.29) is 0 Å². The molecule has 0 fully saturated rings. The van der Waals surface area contributed by atoms with E-state index in [0.717, 1.165) is 25.7 Å². The normalized spacial score (nSPS) is 13.9. The highest BCUT2D eigenvalue weighted by Gasteiger charge is 2.21. The molecule has 1 heterocycles. The zero-order chi connectivity index (χ0) is 19.9. The number of nitrogens with zero attached hydrogens (tertiary/aromatic N) is 1. The van der Waals surface area contributed by atoms with Crippen LogP contribution < -0.4 is 0 Å². The summed E-state index contributed by atoms with van der Waals surface area (Å²) in [6.07, 6.45) is 4.16. The zero-order valence-corrected chi connectivity index (χ0v) is 19.9. The van der Waals surface area contributed by atoms with Crippen LogP contribution in [0.1, 0.15) is 0 Å². The van der Waals surface area contributed by atoms with Crippen molar-refractivity contribution < 1.29 is 5.11 Å². The van der Waals surface area contributed by atoms with Crippen molar-refractivity contribution in [1.29, 1.82) is 0 Å². The summed E-state index contributed by atoms with van der Waals surface area (Å²) in [5.74, 6) is 0.783. The summed E-state index contributed by atoms with van der Waals surface area (Å²) in [6.45, 7) is 0.590. The molecule has 0 aliphatic heterocycles. The highest BCUT2D eigenvalue weighted by atomic mass is 79.9. The molecule has 0 aliphatic carbocycles. The third kappa shape index (κ3) is 3.90. The SMILES string of the molecule is CS(C)(C[C@H](O)Cn1c2ccc(Br)cc2c2cc(Br)ccc21)c1ccccc1. The van der Waals surface area contributed by atoms with Gasteiger partial charge in [0.15, 0.2) is 0 Å². The van der Waals surface area contributed by atoms with Crippen LogP contribution in [-0.4, -0.2) is 34.0 Å². The average molecular weight is 521 g/mol. The van der Waals surface area contributed by atoms with Crippen LogP contribution in [0.15, 0.2) is 80.6 Å². The van der Waals surface area contributed by atoms with Crippen molar-refractivity contribution in [3.8, 4) is 0 Å². The highest BCUT2D eigenvalue weighted by Crippen LogP contribution is 2.49. The number of aliphatic hydroxyl groups is 1.